The molecule has 106 valence electrons. The lowest BCUT2D eigenvalue weighted by Gasteiger charge is -2.08. The molecule has 0 unspecified atom stereocenters. The molecule has 0 aromatic heterocycles. The highest BCUT2D eigenvalue weighted by molar-refractivity contribution is 9.10. The van der Waals surface area contributed by atoms with Crippen LogP contribution in [-0.2, 0) is 6.54 Å². The number of hydrogen-bond donors (Lipinski definition) is 1. The van der Waals surface area contributed by atoms with Gasteiger partial charge in [-0.2, -0.15) is 0 Å². The highest BCUT2D eigenvalue weighted by atomic mass is 79.9. The summed E-state index contributed by atoms with van der Waals surface area (Å²) in [5, 5.41) is 3.39. The van der Waals surface area contributed by atoms with Gasteiger partial charge < -0.3 is 10.1 Å². The van der Waals surface area contributed by atoms with E-state index in [9.17, 15) is 0 Å². The molecule has 0 fully saturated rings. The summed E-state index contributed by atoms with van der Waals surface area (Å²) in [6.07, 6.45) is 1.16. The molecule has 1 N–H and O–H groups in total. The third-order valence-corrected chi connectivity index (χ3v) is 3.93. The van der Waals surface area contributed by atoms with E-state index in [-0.39, 0.29) is 0 Å². The van der Waals surface area contributed by atoms with Crippen LogP contribution in [0.1, 0.15) is 24.5 Å². The first kappa shape index (κ1) is 15.1. The van der Waals surface area contributed by atoms with Crippen molar-refractivity contribution in [3.8, 4) is 11.5 Å². The lowest BCUT2D eigenvalue weighted by molar-refractivity contribution is 0.482. The lowest BCUT2D eigenvalue weighted by atomic mass is 10.2. The Hall–Kier alpha value is -1.32. The second-order valence-corrected chi connectivity index (χ2v) is 5.69. The highest BCUT2D eigenvalue weighted by Gasteiger charge is 2.01. The molecule has 0 saturated carbocycles. The van der Waals surface area contributed by atoms with Crippen LogP contribution in [-0.4, -0.2) is 6.54 Å². The number of rotatable bonds is 6. The molecule has 2 aromatic carbocycles. The van der Waals surface area contributed by atoms with E-state index in [1.165, 1.54) is 11.1 Å². The first-order valence-electron chi connectivity index (χ1n) is 6.92. The molecule has 0 saturated heterocycles. The van der Waals surface area contributed by atoms with Crippen molar-refractivity contribution in [2.24, 2.45) is 0 Å². The van der Waals surface area contributed by atoms with Crippen molar-refractivity contribution < 1.29 is 4.74 Å². The summed E-state index contributed by atoms with van der Waals surface area (Å²) in [4.78, 5) is 0. The molecule has 2 rings (SSSR count). The fourth-order valence-electron chi connectivity index (χ4n) is 1.90. The van der Waals surface area contributed by atoms with Crippen LogP contribution in [0.4, 0.5) is 0 Å². The van der Waals surface area contributed by atoms with Gasteiger partial charge in [-0.15, -0.1) is 0 Å². The third kappa shape index (κ3) is 4.36. The van der Waals surface area contributed by atoms with Gasteiger partial charge in [-0.05, 0) is 61.3 Å². The molecular formula is C17H20BrNO. The van der Waals surface area contributed by atoms with Crippen molar-refractivity contribution in [1.82, 2.24) is 5.32 Å². The predicted octanol–water partition coefficient (Wildman–Crippen LogP) is 5.05. The Morgan fingerprint density at radius 1 is 1.05 bits per heavy atom. The largest absolute Gasteiger partial charge is 0.457 e. The zero-order valence-corrected chi connectivity index (χ0v) is 13.5. The molecule has 0 aliphatic rings. The topological polar surface area (TPSA) is 21.3 Å². The molecule has 20 heavy (non-hydrogen) atoms. The third-order valence-electron chi connectivity index (χ3n) is 3.04. The first-order valence-corrected chi connectivity index (χ1v) is 7.72. The number of nitrogens with one attached hydrogen (secondary N) is 1. The Balaban J connectivity index is 1.97. The van der Waals surface area contributed by atoms with E-state index in [2.05, 4.69) is 47.2 Å². The van der Waals surface area contributed by atoms with Gasteiger partial charge in [-0.1, -0.05) is 35.0 Å². The summed E-state index contributed by atoms with van der Waals surface area (Å²) >= 11 is 3.49. The predicted molar refractivity (Wildman–Crippen MR) is 87.4 cm³/mol. The number of hydrogen-bond acceptors (Lipinski definition) is 2. The zero-order chi connectivity index (χ0) is 14.4. The van der Waals surface area contributed by atoms with Gasteiger partial charge in [0.25, 0.3) is 0 Å². The average molecular weight is 334 g/mol. The van der Waals surface area contributed by atoms with Crippen LogP contribution in [0.15, 0.2) is 46.9 Å². The van der Waals surface area contributed by atoms with Crippen molar-refractivity contribution in [1.29, 1.82) is 0 Å². The minimum atomic E-state index is 0.863. The first-order chi connectivity index (χ1) is 9.69. The van der Waals surface area contributed by atoms with E-state index in [1.807, 2.05) is 30.3 Å². The fraction of sp³-hybridized carbons (Fsp3) is 0.294. The zero-order valence-electron chi connectivity index (χ0n) is 11.9. The smallest absolute Gasteiger partial charge is 0.127 e. The summed E-state index contributed by atoms with van der Waals surface area (Å²) in [6, 6.07) is 14.2. The summed E-state index contributed by atoms with van der Waals surface area (Å²) in [6.45, 7) is 6.19. The minimum absolute atomic E-state index is 0.863. The maximum absolute atomic E-state index is 5.85. The van der Waals surface area contributed by atoms with E-state index >= 15 is 0 Å². The highest BCUT2D eigenvalue weighted by Crippen LogP contribution is 2.26. The Bertz CT molecular complexity index is 551. The molecule has 3 heteroatoms. The molecule has 0 aliphatic carbocycles. The molecule has 0 radical (unpaired) electrons. The van der Waals surface area contributed by atoms with Crippen LogP contribution in [0.25, 0.3) is 0 Å². The van der Waals surface area contributed by atoms with Crippen molar-refractivity contribution in [2.45, 2.75) is 26.8 Å². The molecular weight excluding hydrogens is 314 g/mol. The van der Waals surface area contributed by atoms with Crippen LogP contribution in [0.5, 0.6) is 11.5 Å². The van der Waals surface area contributed by atoms with Crippen LogP contribution < -0.4 is 10.1 Å². The van der Waals surface area contributed by atoms with Gasteiger partial charge in [-0.3, -0.25) is 0 Å². The van der Waals surface area contributed by atoms with Crippen molar-refractivity contribution in [2.75, 3.05) is 6.54 Å². The molecule has 2 aromatic rings. The van der Waals surface area contributed by atoms with Gasteiger partial charge in [-0.25, -0.2) is 0 Å². The Labute approximate surface area is 129 Å². The molecule has 0 heterocycles. The quantitative estimate of drug-likeness (QED) is 0.747. The van der Waals surface area contributed by atoms with E-state index < -0.39 is 0 Å². The summed E-state index contributed by atoms with van der Waals surface area (Å²) < 4.78 is 6.95. The minimum Gasteiger partial charge on any atom is -0.457 e. The monoisotopic (exact) mass is 333 g/mol. The van der Waals surface area contributed by atoms with Crippen molar-refractivity contribution in [3.05, 3.63) is 58.1 Å². The maximum Gasteiger partial charge on any atom is 0.127 e. The van der Waals surface area contributed by atoms with E-state index in [4.69, 9.17) is 4.74 Å². The standard InChI is InChI=1S/C17H20BrNO/c1-3-10-19-12-14-4-6-15(7-5-14)20-16-8-9-17(18)13(2)11-16/h4-9,11,19H,3,10,12H2,1-2H3. The van der Waals surface area contributed by atoms with Crippen LogP contribution in [0.3, 0.4) is 0 Å². The number of halogens is 1. The number of benzene rings is 2. The maximum atomic E-state index is 5.85. The van der Waals surface area contributed by atoms with Gasteiger partial charge in [0.1, 0.15) is 11.5 Å². The van der Waals surface area contributed by atoms with Gasteiger partial charge in [0, 0.05) is 11.0 Å². The lowest BCUT2D eigenvalue weighted by Crippen LogP contribution is -2.13. The number of aryl methyl sites for hydroxylation is 1. The summed E-state index contributed by atoms with van der Waals surface area (Å²) in [7, 11) is 0. The molecule has 0 bridgehead atoms. The van der Waals surface area contributed by atoms with Crippen molar-refractivity contribution >= 4 is 15.9 Å². The fourth-order valence-corrected chi connectivity index (χ4v) is 2.15. The molecule has 0 amide bonds. The summed E-state index contributed by atoms with van der Waals surface area (Å²) in [5.74, 6) is 1.73. The number of ether oxygens (including phenoxy) is 1. The van der Waals surface area contributed by atoms with E-state index in [0.29, 0.717) is 0 Å². The van der Waals surface area contributed by atoms with Gasteiger partial charge in [0.05, 0.1) is 0 Å². The Morgan fingerprint density at radius 2 is 1.75 bits per heavy atom. The second kappa shape index (κ2) is 7.46. The molecule has 0 aliphatic heterocycles. The second-order valence-electron chi connectivity index (χ2n) is 4.83. The normalized spacial score (nSPS) is 10.6. The van der Waals surface area contributed by atoms with Gasteiger partial charge >= 0.3 is 0 Å². The summed E-state index contributed by atoms with van der Waals surface area (Å²) in [5.41, 5.74) is 2.45. The van der Waals surface area contributed by atoms with Crippen LogP contribution in [0, 0.1) is 6.92 Å². The molecule has 0 atom stereocenters. The van der Waals surface area contributed by atoms with Crippen LogP contribution >= 0.6 is 15.9 Å². The average Bonchev–Trinajstić information content (AvgIpc) is 2.45. The Morgan fingerprint density at radius 3 is 2.40 bits per heavy atom. The van der Waals surface area contributed by atoms with Crippen LogP contribution in [0.2, 0.25) is 0 Å². The Kier molecular flexibility index (Phi) is 5.62. The van der Waals surface area contributed by atoms with E-state index in [1.54, 1.807) is 0 Å². The van der Waals surface area contributed by atoms with Crippen molar-refractivity contribution in [3.63, 3.8) is 0 Å². The van der Waals surface area contributed by atoms with Gasteiger partial charge in [0.15, 0.2) is 0 Å². The van der Waals surface area contributed by atoms with E-state index in [0.717, 1.165) is 35.5 Å². The molecule has 0 spiro atoms. The molecule has 2 nitrogen and oxygen atoms in total. The SMILES string of the molecule is CCCNCc1ccc(Oc2ccc(Br)c(C)c2)cc1. The van der Waals surface area contributed by atoms with Gasteiger partial charge in [0.2, 0.25) is 0 Å².